The van der Waals surface area contributed by atoms with Crippen LogP contribution in [0.5, 0.6) is 0 Å². The van der Waals surface area contributed by atoms with Gasteiger partial charge in [-0.25, -0.2) is 4.98 Å². The van der Waals surface area contributed by atoms with Gasteiger partial charge in [0.1, 0.15) is 5.82 Å². The standard InChI is InChI=1S/C18H29N5O/c1-14-19-16(21-20-14)13-22-8-5-9-23(11-10-22)17(24)15-12-18(15)6-3-2-4-7-18/h15H,2-13H2,1H3,(H,19,20,21). The first-order valence-corrected chi connectivity index (χ1v) is 9.55. The minimum atomic E-state index is 0.333. The number of H-pyrrole nitrogens is 1. The Kier molecular flexibility index (Phi) is 4.33. The number of amides is 1. The van der Waals surface area contributed by atoms with Crippen LogP contribution >= 0.6 is 0 Å². The summed E-state index contributed by atoms with van der Waals surface area (Å²) in [6.45, 7) is 6.42. The highest BCUT2D eigenvalue weighted by Crippen LogP contribution is 2.61. The van der Waals surface area contributed by atoms with E-state index in [9.17, 15) is 4.79 Å². The third-order valence-electron chi connectivity index (χ3n) is 6.25. The molecule has 6 nitrogen and oxygen atoms in total. The summed E-state index contributed by atoms with van der Waals surface area (Å²) in [5, 5.41) is 7.14. The molecule has 2 aliphatic carbocycles. The van der Waals surface area contributed by atoms with Crippen molar-refractivity contribution in [2.75, 3.05) is 26.2 Å². The fourth-order valence-corrected chi connectivity index (χ4v) is 4.73. The molecule has 6 heteroatoms. The van der Waals surface area contributed by atoms with Crippen molar-refractivity contribution in [1.82, 2.24) is 25.0 Å². The van der Waals surface area contributed by atoms with Crippen LogP contribution in [0.3, 0.4) is 0 Å². The molecule has 1 spiro atoms. The second kappa shape index (κ2) is 6.47. The minimum absolute atomic E-state index is 0.333. The van der Waals surface area contributed by atoms with Crippen LogP contribution in [0.2, 0.25) is 0 Å². The predicted octanol–water partition coefficient (Wildman–Crippen LogP) is 2.12. The maximum atomic E-state index is 12.9. The highest BCUT2D eigenvalue weighted by molar-refractivity contribution is 5.82. The summed E-state index contributed by atoms with van der Waals surface area (Å²) >= 11 is 0. The Morgan fingerprint density at radius 2 is 2.00 bits per heavy atom. The quantitative estimate of drug-likeness (QED) is 0.921. The Hall–Kier alpha value is -1.43. The lowest BCUT2D eigenvalue weighted by Gasteiger charge is -2.26. The molecule has 0 radical (unpaired) electrons. The van der Waals surface area contributed by atoms with Gasteiger partial charge in [0.05, 0.1) is 6.54 Å². The summed E-state index contributed by atoms with van der Waals surface area (Å²) in [5.74, 6) is 2.49. The molecular formula is C18H29N5O. The van der Waals surface area contributed by atoms with Crippen LogP contribution in [0.1, 0.15) is 56.6 Å². The van der Waals surface area contributed by atoms with Gasteiger partial charge in [-0.2, -0.15) is 5.10 Å². The molecular weight excluding hydrogens is 302 g/mol. The Bertz CT molecular complexity index is 592. The van der Waals surface area contributed by atoms with E-state index in [4.69, 9.17) is 0 Å². The Labute approximate surface area is 144 Å². The third kappa shape index (κ3) is 3.21. The van der Waals surface area contributed by atoms with E-state index >= 15 is 0 Å². The molecule has 4 rings (SSSR count). The topological polar surface area (TPSA) is 65.1 Å². The van der Waals surface area contributed by atoms with Gasteiger partial charge in [0.2, 0.25) is 5.91 Å². The monoisotopic (exact) mass is 331 g/mol. The zero-order valence-electron chi connectivity index (χ0n) is 14.8. The molecule has 24 heavy (non-hydrogen) atoms. The van der Waals surface area contributed by atoms with Crippen molar-refractivity contribution in [2.24, 2.45) is 11.3 Å². The van der Waals surface area contributed by atoms with Gasteiger partial charge in [-0.1, -0.05) is 19.3 Å². The number of rotatable bonds is 3. The maximum absolute atomic E-state index is 12.9. The van der Waals surface area contributed by atoms with Crippen LogP contribution in [-0.4, -0.2) is 57.1 Å². The van der Waals surface area contributed by atoms with Crippen molar-refractivity contribution >= 4 is 5.91 Å². The van der Waals surface area contributed by atoms with E-state index < -0.39 is 0 Å². The summed E-state index contributed by atoms with van der Waals surface area (Å²) in [6, 6.07) is 0. The minimum Gasteiger partial charge on any atom is -0.341 e. The first-order chi connectivity index (χ1) is 11.7. The largest absolute Gasteiger partial charge is 0.341 e. The number of carbonyl (C=O) groups is 1. The number of aromatic nitrogens is 3. The predicted molar refractivity (Wildman–Crippen MR) is 91.2 cm³/mol. The summed E-state index contributed by atoms with van der Waals surface area (Å²) < 4.78 is 0. The van der Waals surface area contributed by atoms with Crippen molar-refractivity contribution in [3.8, 4) is 0 Å². The van der Waals surface area contributed by atoms with Gasteiger partial charge < -0.3 is 4.90 Å². The molecule has 2 saturated carbocycles. The van der Waals surface area contributed by atoms with Gasteiger partial charge in [-0.05, 0) is 38.0 Å². The molecule has 1 aromatic rings. The molecule has 132 valence electrons. The molecule has 1 aromatic heterocycles. The van der Waals surface area contributed by atoms with Crippen LogP contribution in [0.25, 0.3) is 0 Å². The highest BCUT2D eigenvalue weighted by atomic mass is 16.2. The van der Waals surface area contributed by atoms with E-state index in [1.807, 2.05) is 6.92 Å². The smallest absolute Gasteiger partial charge is 0.226 e. The van der Waals surface area contributed by atoms with E-state index in [0.717, 1.165) is 57.2 Å². The fraction of sp³-hybridized carbons (Fsp3) is 0.833. The first-order valence-electron chi connectivity index (χ1n) is 9.55. The van der Waals surface area contributed by atoms with E-state index in [0.29, 0.717) is 17.2 Å². The van der Waals surface area contributed by atoms with E-state index in [1.165, 1.54) is 32.1 Å². The zero-order valence-corrected chi connectivity index (χ0v) is 14.8. The number of nitrogens with one attached hydrogen (secondary N) is 1. The average molecular weight is 331 g/mol. The molecule has 1 atom stereocenters. The second-order valence-corrected chi connectivity index (χ2v) is 7.97. The number of aryl methyl sites for hydroxylation is 1. The molecule has 0 bridgehead atoms. The van der Waals surface area contributed by atoms with Gasteiger partial charge in [0.25, 0.3) is 0 Å². The van der Waals surface area contributed by atoms with Crippen molar-refractivity contribution in [3.05, 3.63) is 11.6 Å². The van der Waals surface area contributed by atoms with Gasteiger partial charge in [0, 0.05) is 32.1 Å². The van der Waals surface area contributed by atoms with E-state index in [1.54, 1.807) is 0 Å². The van der Waals surface area contributed by atoms with Gasteiger partial charge in [-0.3, -0.25) is 14.8 Å². The van der Waals surface area contributed by atoms with Gasteiger partial charge in [-0.15, -0.1) is 0 Å². The van der Waals surface area contributed by atoms with Gasteiger partial charge >= 0.3 is 0 Å². The summed E-state index contributed by atoms with van der Waals surface area (Å²) in [7, 11) is 0. The second-order valence-electron chi connectivity index (χ2n) is 7.97. The SMILES string of the molecule is Cc1nc(CN2CCCN(C(=O)C3CC34CCCCC4)CC2)n[nH]1. The molecule has 3 aliphatic rings. The lowest BCUT2D eigenvalue weighted by atomic mass is 9.84. The number of hydrogen-bond acceptors (Lipinski definition) is 4. The average Bonchev–Trinajstić information content (AvgIpc) is 3.19. The first kappa shape index (κ1) is 16.1. The molecule has 1 amide bonds. The summed E-state index contributed by atoms with van der Waals surface area (Å²) in [4.78, 5) is 21.8. The number of carbonyl (C=O) groups excluding carboxylic acids is 1. The normalized spacial score (nSPS) is 27.2. The number of aromatic amines is 1. The maximum Gasteiger partial charge on any atom is 0.226 e. The molecule has 2 heterocycles. The van der Waals surface area contributed by atoms with Crippen molar-refractivity contribution in [3.63, 3.8) is 0 Å². The molecule has 1 unspecified atom stereocenters. The molecule has 0 aromatic carbocycles. The van der Waals surface area contributed by atoms with E-state index in [2.05, 4.69) is 25.0 Å². The van der Waals surface area contributed by atoms with Crippen molar-refractivity contribution < 1.29 is 4.79 Å². The Morgan fingerprint density at radius 1 is 1.17 bits per heavy atom. The van der Waals surface area contributed by atoms with E-state index in [-0.39, 0.29) is 0 Å². The number of nitrogens with zero attached hydrogens (tertiary/aromatic N) is 4. The van der Waals surface area contributed by atoms with Crippen molar-refractivity contribution in [2.45, 2.75) is 58.4 Å². The fourth-order valence-electron chi connectivity index (χ4n) is 4.73. The lowest BCUT2D eigenvalue weighted by molar-refractivity contribution is -0.133. The van der Waals surface area contributed by atoms with Crippen LogP contribution < -0.4 is 0 Å². The summed E-state index contributed by atoms with van der Waals surface area (Å²) in [5.41, 5.74) is 0.401. The molecule has 3 fully saturated rings. The zero-order chi connectivity index (χ0) is 16.6. The van der Waals surface area contributed by atoms with Crippen molar-refractivity contribution in [1.29, 1.82) is 0 Å². The molecule has 1 aliphatic heterocycles. The van der Waals surface area contributed by atoms with Crippen LogP contribution in [0.15, 0.2) is 0 Å². The Balaban J connectivity index is 1.31. The third-order valence-corrected chi connectivity index (χ3v) is 6.25. The van der Waals surface area contributed by atoms with Gasteiger partial charge in [0.15, 0.2) is 5.82 Å². The van der Waals surface area contributed by atoms with Crippen LogP contribution in [0, 0.1) is 18.3 Å². The molecule has 1 saturated heterocycles. The molecule has 1 N–H and O–H groups in total. The lowest BCUT2D eigenvalue weighted by Crippen LogP contribution is -2.37. The summed E-state index contributed by atoms with van der Waals surface area (Å²) in [6.07, 6.45) is 8.79. The van der Waals surface area contributed by atoms with Crippen LogP contribution in [0.4, 0.5) is 0 Å². The van der Waals surface area contributed by atoms with Crippen LogP contribution in [-0.2, 0) is 11.3 Å². The Morgan fingerprint density at radius 3 is 2.75 bits per heavy atom. The highest BCUT2D eigenvalue weighted by Gasteiger charge is 2.58. The number of hydrogen-bond donors (Lipinski definition) is 1.